The number of hydrogen-bond acceptors (Lipinski definition) is 5. The molecule has 1 aliphatic rings. The summed E-state index contributed by atoms with van der Waals surface area (Å²) in [6.45, 7) is 0.709. The minimum Gasteiger partial charge on any atom is -0.385 e. The molecule has 0 heterocycles. The summed E-state index contributed by atoms with van der Waals surface area (Å²) in [4.78, 5) is 10.0. The lowest BCUT2D eigenvalue weighted by atomic mass is 10.1. The third-order valence-corrected chi connectivity index (χ3v) is 5.40. The van der Waals surface area contributed by atoms with Crippen LogP contribution < -0.4 is 5.32 Å². The van der Waals surface area contributed by atoms with Gasteiger partial charge in [-0.2, -0.15) is 0 Å². The predicted octanol–water partition coefficient (Wildman–Crippen LogP) is 3.21. The van der Waals surface area contributed by atoms with Gasteiger partial charge in [0.25, 0.3) is 5.69 Å². The van der Waals surface area contributed by atoms with E-state index >= 15 is 0 Å². The first-order valence-corrected chi connectivity index (χ1v) is 9.52. The van der Waals surface area contributed by atoms with E-state index in [0.29, 0.717) is 24.1 Å². The monoisotopic (exact) mass is 346 g/mol. The Morgan fingerprint density at radius 3 is 2.54 bits per heavy atom. The summed E-state index contributed by atoms with van der Waals surface area (Å²) in [7, 11) is -3.66. The minimum absolute atomic E-state index is 0.257. The fraction of sp³-hybridized carbons (Fsp3) is 0.294. The highest BCUT2D eigenvalue weighted by atomic mass is 32.2. The van der Waals surface area contributed by atoms with Crippen LogP contribution in [0.1, 0.15) is 17.9 Å². The Bertz CT molecular complexity index is 865. The Labute approximate surface area is 140 Å². The maximum atomic E-state index is 11.8. The van der Waals surface area contributed by atoms with Gasteiger partial charge in [-0.05, 0) is 36.0 Å². The van der Waals surface area contributed by atoms with Crippen molar-refractivity contribution in [3.63, 3.8) is 0 Å². The van der Waals surface area contributed by atoms with E-state index in [4.69, 9.17) is 0 Å². The van der Waals surface area contributed by atoms with Crippen molar-refractivity contribution in [3.8, 4) is 0 Å². The van der Waals surface area contributed by atoms with Crippen molar-refractivity contribution >= 4 is 21.2 Å². The maximum absolute atomic E-state index is 11.8. The van der Waals surface area contributed by atoms with E-state index in [1.54, 1.807) is 6.07 Å². The highest BCUT2D eigenvalue weighted by Crippen LogP contribution is 2.47. The fourth-order valence-electron chi connectivity index (χ4n) is 2.90. The van der Waals surface area contributed by atoms with E-state index in [1.165, 1.54) is 17.7 Å². The molecule has 3 rings (SSSR count). The van der Waals surface area contributed by atoms with Crippen LogP contribution >= 0.6 is 0 Å². The Morgan fingerprint density at radius 1 is 1.21 bits per heavy atom. The molecule has 1 N–H and O–H groups in total. The van der Waals surface area contributed by atoms with Crippen LogP contribution in [0.2, 0.25) is 0 Å². The minimum atomic E-state index is -3.66. The van der Waals surface area contributed by atoms with Gasteiger partial charge in [0.05, 0.1) is 4.92 Å². The Morgan fingerprint density at radius 2 is 1.92 bits per heavy atom. The van der Waals surface area contributed by atoms with Crippen LogP contribution in [0.3, 0.4) is 0 Å². The van der Waals surface area contributed by atoms with Gasteiger partial charge in [-0.3, -0.25) is 10.1 Å². The maximum Gasteiger partial charge on any atom is 0.288 e. The molecule has 1 saturated carbocycles. The Balaban J connectivity index is 1.70. The number of nitrogens with zero attached hydrogens (tertiary/aromatic N) is 1. The SMILES string of the molecule is CS(=O)(=O)c1cc(NCC2CC2c2ccccc2)ccc1[N+](=O)[O-]. The lowest BCUT2D eigenvalue weighted by Crippen LogP contribution is -2.07. The molecule has 0 bridgehead atoms. The lowest BCUT2D eigenvalue weighted by Gasteiger charge is -2.08. The second-order valence-corrected chi connectivity index (χ2v) is 8.09. The molecule has 1 aliphatic carbocycles. The molecular weight excluding hydrogens is 328 g/mol. The molecule has 1 fully saturated rings. The summed E-state index contributed by atoms with van der Waals surface area (Å²) < 4.78 is 23.5. The van der Waals surface area contributed by atoms with Gasteiger partial charge in [0.1, 0.15) is 4.90 Å². The van der Waals surface area contributed by atoms with Gasteiger partial charge in [0.15, 0.2) is 9.84 Å². The predicted molar refractivity (Wildman–Crippen MR) is 92.0 cm³/mol. The molecule has 0 aromatic heterocycles. The second kappa shape index (κ2) is 6.24. The number of sulfone groups is 1. The van der Waals surface area contributed by atoms with Gasteiger partial charge in [-0.15, -0.1) is 0 Å². The molecule has 0 radical (unpaired) electrons. The summed E-state index contributed by atoms with van der Waals surface area (Å²) in [5.74, 6) is 1.01. The summed E-state index contributed by atoms with van der Waals surface area (Å²) >= 11 is 0. The highest BCUT2D eigenvalue weighted by Gasteiger charge is 2.37. The van der Waals surface area contributed by atoms with Gasteiger partial charge in [-0.1, -0.05) is 30.3 Å². The second-order valence-electron chi connectivity index (χ2n) is 6.11. The molecule has 6 nitrogen and oxygen atoms in total. The van der Waals surface area contributed by atoms with Crippen molar-refractivity contribution < 1.29 is 13.3 Å². The molecule has 24 heavy (non-hydrogen) atoms. The quantitative estimate of drug-likeness (QED) is 0.641. The van der Waals surface area contributed by atoms with E-state index in [1.807, 2.05) is 18.2 Å². The first-order valence-electron chi connectivity index (χ1n) is 7.63. The zero-order valence-electron chi connectivity index (χ0n) is 13.2. The molecule has 2 aromatic carbocycles. The molecule has 0 spiro atoms. The number of benzene rings is 2. The molecule has 0 aliphatic heterocycles. The third kappa shape index (κ3) is 3.56. The van der Waals surface area contributed by atoms with Crippen molar-refractivity contribution in [2.75, 3.05) is 18.1 Å². The van der Waals surface area contributed by atoms with E-state index in [-0.39, 0.29) is 4.90 Å². The van der Waals surface area contributed by atoms with Crippen LogP contribution in [-0.4, -0.2) is 26.1 Å². The molecule has 2 unspecified atom stereocenters. The molecule has 126 valence electrons. The fourth-order valence-corrected chi connectivity index (χ4v) is 3.77. The molecule has 0 saturated heterocycles. The molecular formula is C17H18N2O4S. The van der Waals surface area contributed by atoms with Crippen molar-refractivity contribution in [1.29, 1.82) is 0 Å². The van der Waals surface area contributed by atoms with Crippen LogP contribution in [0.5, 0.6) is 0 Å². The summed E-state index contributed by atoms with van der Waals surface area (Å²) in [6.07, 6.45) is 2.06. The van der Waals surface area contributed by atoms with Gasteiger partial charge in [0.2, 0.25) is 0 Å². The largest absolute Gasteiger partial charge is 0.385 e. The topological polar surface area (TPSA) is 89.3 Å². The zero-order valence-corrected chi connectivity index (χ0v) is 14.0. The highest BCUT2D eigenvalue weighted by molar-refractivity contribution is 7.90. The number of hydrogen-bond donors (Lipinski definition) is 1. The Kier molecular flexibility index (Phi) is 4.28. The van der Waals surface area contributed by atoms with Gasteiger partial charge in [-0.25, -0.2) is 8.42 Å². The van der Waals surface area contributed by atoms with E-state index in [0.717, 1.165) is 12.7 Å². The summed E-state index contributed by atoms with van der Waals surface area (Å²) in [5.41, 5.74) is 1.50. The third-order valence-electron chi connectivity index (χ3n) is 4.27. The lowest BCUT2D eigenvalue weighted by molar-refractivity contribution is -0.387. The molecule has 2 aromatic rings. The van der Waals surface area contributed by atoms with Crippen LogP contribution in [0.25, 0.3) is 0 Å². The van der Waals surface area contributed by atoms with Crippen molar-refractivity contribution in [2.24, 2.45) is 5.92 Å². The number of rotatable bonds is 6. The van der Waals surface area contributed by atoms with Crippen molar-refractivity contribution in [3.05, 3.63) is 64.2 Å². The Hall–Kier alpha value is -2.41. The zero-order chi connectivity index (χ0) is 17.3. The van der Waals surface area contributed by atoms with Crippen LogP contribution in [0, 0.1) is 16.0 Å². The first kappa shape index (κ1) is 16.4. The summed E-state index contributed by atoms with van der Waals surface area (Å²) in [5, 5.41) is 14.2. The first-order chi connectivity index (χ1) is 11.4. The van der Waals surface area contributed by atoms with Crippen LogP contribution in [-0.2, 0) is 9.84 Å². The van der Waals surface area contributed by atoms with Crippen LogP contribution in [0.15, 0.2) is 53.4 Å². The average molecular weight is 346 g/mol. The number of anilines is 1. The van der Waals surface area contributed by atoms with Crippen LogP contribution in [0.4, 0.5) is 11.4 Å². The van der Waals surface area contributed by atoms with E-state index in [2.05, 4.69) is 17.4 Å². The molecule has 7 heteroatoms. The smallest absolute Gasteiger partial charge is 0.288 e. The number of nitrogens with one attached hydrogen (secondary N) is 1. The van der Waals surface area contributed by atoms with Gasteiger partial charge in [0, 0.05) is 24.6 Å². The van der Waals surface area contributed by atoms with Gasteiger partial charge < -0.3 is 5.32 Å². The molecule has 2 atom stereocenters. The van der Waals surface area contributed by atoms with Crippen molar-refractivity contribution in [2.45, 2.75) is 17.2 Å². The average Bonchev–Trinajstić information content (AvgIpc) is 3.32. The normalized spacial score (nSPS) is 19.7. The van der Waals surface area contributed by atoms with E-state index in [9.17, 15) is 18.5 Å². The summed E-state index contributed by atoms with van der Waals surface area (Å²) in [6, 6.07) is 14.4. The van der Waals surface area contributed by atoms with E-state index < -0.39 is 20.4 Å². The number of nitro groups is 1. The molecule has 0 amide bonds. The standard InChI is InChI=1S/C17H18N2O4S/c1-24(22,23)17-10-14(7-8-16(17)19(20)21)18-11-13-9-15(13)12-5-3-2-4-6-12/h2-8,10,13,15,18H,9,11H2,1H3. The van der Waals surface area contributed by atoms with Crippen molar-refractivity contribution in [1.82, 2.24) is 0 Å². The number of nitro benzene ring substituents is 1. The van der Waals surface area contributed by atoms with Gasteiger partial charge >= 0.3 is 0 Å².